The van der Waals surface area contributed by atoms with Gasteiger partial charge in [-0.05, 0) is 12.8 Å². The lowest BCUT2D eigenvalue weighted by Gasteiger charge is -1.56. The minimum Gasteiger partial charge on any atom is -0.228 e. The SMILES string of the molecule is C=C/C=N\S. The highest BCUT2D eigenvalue weighted by atomic mass is 32.1. The molecular formula is C3H5NS. The standard InChI is InChI=1S/C3H5NS/c1-2-3-4-5/h2-3,5H,1H2/b4-3-. The Morgan fingerprint density at radius 3 is 2.40 bits per heavy atom. The van der Waals surface area contributed by atoms with Crippen LogP contribution >= 0.6 is 12.8 Å². The Hall–Kier alpha value is -0.240. The average Bonchev–Trinajstić information content (AvgIpc) is 1.41. The summed E-state index contributed by atoms with van der Waals surface area (Å²) >= 11 is 3.50. The van der Waals surface area contributed by atoms with E-state index in [1.807, 2.05) is 0 Å². The number of nitrogens with zero attached hydrogens (tertiary/aromatic N) is 1. The molecule has 0 rings (SSSR count). The van der Waals surface area contributed by atoms with Crippen LogP contribution in [0.4, 0.5) is 0 Å². The Morgan fingerprint density at radius 1 is 1.80 bits per heavy atom. The van der Waals surface area contributed by atoms with Crippen LogP contribution < -0.4 is 0 Å². The van der Waals surface area contributed by atoms with Crippen LogP contribution in [0.15, 0.2) is 17.1 Å². The van der Waals surface area contributed by atoms with Gasteiger partial charge in [0.1, 0.15) is 0 Å². The van der Waals surface area contributed by atoms with Crippen LogP contribution in [0.3, 0.4) is 0 Å². The van der Waals surface area contributed by atoms with Crippen molar-refractivity contribution in [2.45, 2.75) is 0 Å². The van der Waals surface area contributed by atoms with Crippen molar-refractivity contribution in [2.24, 2.45) is 4.40 Å². The van der Waals surface area contributed by atoms with Gasteiger partial charge in [0.2, 0.25) is 0 Å². The van der Waals surface area contributed by atoms with Gasteiger partial charge in [0, 0.05) is 6.21 Å². The fraction of sp³-hybridized carbons (Fsp3) is 0. The zero-order valence-corrected chi connectivity index (χ0v) is 3.65. The Morgan fingerprint density at radius 2 is 2.40 bits per heavy atom. The van der Waals surface area contributed by atoms with Crippen LogP contribution in [0.5, 0.6) is 0 Å². The van der Waals surface area contributed by atoms with E-state index < -0.39 is 0 Å². The van der Waals surface area contributed by atoms with Gasteiger partial charge in [0.25, 0.3) is 0 Å². The van der Waals surface area contributed by atoms with E-state index in [-0.39, 0.29) is 0 Å². The summed E-state index contributed by atoms with van der Waals surface area (Å²) in [4.78, 5) is 0. The van der Waals surface area contributed by atoms with Crippen LogP contribution in [-0.4, -0.2) is 6.21 Å². The van der Waals surface area contributed by atoms with Crippen LogP contribution in [0.1, 0.15) is 0 Å². The van der Waals surface area contributed by atoms with Crippen LogP contribution in [-0.2, 0) is 0 Å². The summed E-state index contributed by atoms with van der Waals surface area (Å²) in [6.45, 7) is 3.35. The number of hydrogen-bond donors (Lipinski definition) is 1. The van der Waals surface area contributed by atoms with Gasteiger partial charge < -0.3 is 0 Å². The lowest BCUT2D eigenvalue weighted by atomic mass is 10.7. The highest BCUT2D eigenvalue weighted by molar-refractivity contribution is 7.78. The maximum Gasteiger partial charge on any atom is 0.0342 e. The fourth-order valence-corrected chi connectivity index (χ4v) is 0.141. The lowest BCUT2D eigenvalue weighted by molar-refractivity contribution is 2.01. The second-order valence-corrected chi connectivity index (χ2v) is 0.731. The Bertz CT molecular complexity index is 48.9. The first-order valence-corrected chi connectivity index (χ1v) is 1.60. The molecule has 0 saturated carbocycles. The summed E-state index contributed by atoms with van der Waals surface area (Å²) in [5.74, 6) is 0. The van der Waals surface area contributed by atoms with Gasteiger partial charge >= 0.3 is 0 Å². The quantitative estimate of drug-likeness (QED) is 0.363. The molecule has 1 nitrogen and oxygen atoms in total. The third-order valence-corrected chi connectivity index (χ3v) is 0.305. The molecule has 0 radical (unpaired) electrons. The van der Waals surface area contributed by atoms with Crippen molar-refractivity contribution < 1.29 is 0 Å². The van der Waals surface area contributed by atoms with E-state index in [0.717, 1.165) is 0 Å². The molecule has 0 aliphatic rings. The van der Waals surface area contributed by atoms with Crippen molar-refractivity contribution in [2.75, 3.05) is 0 Å². The second-order valence-electron chi connectivity index (χ2n) is 0.500. The van der Waals surface area contributed by atoms with E-state index >= 15 is 0 Å². The molecule has 0 spiro atoms. The van der Waals surface area contributed by atoms with Gasteiger partial charge in [-0.2, -0.15) is 0 Å². The Kier molecular flexibility index (Phi) is 3.58. The van der Waals surface area contributed by atoms with Crippen LogP contribution in [0, 0.1) is 0 Å². The molecule has 0 aromatic rings. The van der Waals surface area contributed by atoms with Gasteiger partial charge in [-0.1, -0.05) is 12.7 Å². The topological polar surface area (TPSA) is 12.4 Å². The zero-order valence-electron chi connectivity index (χ0n) is 2.76. The number of hydrogen-bond acceptors (Lipinski definition) is 2. The van der Waals surface area contributed by atoms with Crippen LogP contribution in [0.25, 0.3) is 0 Å². The molecule has 0 atom stereocenters. The van der Waals surface area contributed by atoms with Gasteiger partial charge in [-0.3, -0.25) is 0 Å². The molecule has 28 valence electrons. The first kappa shape index (κ1) is 4.76. The lowest BCUT2D eigenvalue weighted by Crippen LogP contribution is -1.46. The normalized spacial score (nSPS) is 9.00. The Labute approximate surface area is 37.0 Å². The van der Waals surface area contributed by atoms with E-state index in [0.29, 0.717) is 0 Å². The third kappa shape index (κ3) is 3.76. The van der Waals surface area contributed by atoms with E-state index in [1.54, 1.807) is 6.08 Å². The second kappa shape index (κ2) is 3.76. The number of allylic oxidation sites excluding steroid dienone is 1. The number of thiol groups is 1. The largest absolute Gasteiger partial charge is 0.228 e. The third-order valence-electron chi connectivity index (χ3n) is 0.172. The van der Waals surface area contributed by atoms with Gasteiger partial charge in [-0.25, -0.2) is 4.40 Å². The fourth-order valence-electron chi connectivity index (χ4n) is 0.0471. The molecule has 0 saturated heterocycles. The zero-order chi connectivity index (χ0) is 4.12. The van der Waals surface area contributed by atoms with E-state index in [2.05, 4.69) is 23.8 Å². The molecule has 0 heterocycles. The molecular weight excluding hydrogens is 82.1 g/mol. The molecule has 0 aromatic carbocycles. The molecule has 0 unspecified atom stereocenters. The summed E-state index contributed by atoms with van der Waals surface area (Å²) in [5, 5.41) is 0. The Balaban J connectivity index is 2.92. The van der Waals surface area contributed by atoms with Crippen molar-refractivity contribution in [1.29, 1.82) is 0 Å². The summed E-state index contributed by atoms with van der Waals surface area (Å²) in [6.07, 6.45) is 3.07. The van der Waals surface area contributed by atoms with Crippen molar-refractivity contribution in [1.82, 2.24) is 0 Å². The summed E-state index contributed by atoms with van der Waals surface area (Å²) in [5.41, 5.74) is 0. The minimum absolute atomic E-state index is 1.50. The van der Waals surface area contributed by atoms with Gasteiger partial charge in [-0.15, -0.1) is 0 Å². The molecule has 5 heavy (non-hydrogen) atoms. The van der Waals surface area contributed by atoms with Crippen molar-refractivity contribution in [3.63, 3.8) is 0 Å². The number of rotatable bonds is 1. The van der Waals surface area contributed by atoms with Crippen molar-refractivity contribution in [3.8, 4) is 0 Å². The van der Waals surface area contributed by atoms with Crippen LogP contribution in [0.2, 0.25) is 0 Å². The molecule has 0 N–H and O–H groups in total. The molecule has 0 aliphatic heterocycles. The molecule has 0 aliphatic carbocycles. The first-order valence-electron chi connectivity index (χ1n) is 1.20. The highest BCUT2D eigenvalue weighted by Gasteiger charge is 1.43. The monoisotopic (exact) mass is 87.0 g/mol. The predicted octanol–water partition coefficient (Wildman–Crippen LogP) is 1.09. The van der Waals surface area contributed by atoms with Gasteiger partial charge in [0.15, 0.2) is 0 Å². The van der Waals surface area contributed by atoms with E-state index in [4.69, 9.17) is 0 Å². The molecule has 2 heteroatoms. The molecule has 0 fully saturated rings. The van der Waals surface area contributed by atoms with Gasteiger partial charge in [0.05, 0.1) is 0 Å². The molecule has 0 bridgehead atoms. The summed E-state index contributed by atoms with van der Waals surface area (Å²) < 4.78 is 3.31. The average molecular weight is 87.1 g/mol. The smallest absolute Gasteiger partial charge is 0.0342 e. The first-order chi connectivity index (χ1) is 2.41. The van der Waals surface area contributed by atoms with Crippen molar-refractivity contribution >= 4 is 19.0 Å². The van der Waals surface area contributed by atoms with E-state index in [1.165, 1.54) is 6.21 Å². The predicted molar refractivity (Wildman–Crippen MR) is 27.7 cm³/mol. The molecule has 0 amide bonds. The summed E-state index contributed by atoms with van der Waals surface area (Å²) in [6, 6.07) is 0. The minimum atomic E-state index is 1.50. The van der Waals surface area contributed by atoms with E-state index in [9.17, 15) is 0 Å². The maximum atomic E-state index is 3.50. The summed E-state index contributed by atoms with van der Waals surface area (Å²) in [7, 11) is 0. The highest BCUT2D eigenvalue weighted by Crippen LogP contribution is 1.65. The van der Waals surface area contributed by atoms with Crippen molar-refractivity contribution in [3.05, 3.63) is 12.7 Å². The maximum absolute atomic E-state index is 3.50. The molecule has 0 aromatic heterocycles.